The van der Waals surface area contributed by atoms with Crippen LogP contribution in [0, 0.1) is 0 Å². The number of aromatic nitrogens is 1. The molecule has 1 aliphatic heterocycles. The number of ether oxygens (including phenoxy) is 1. The quantitative estimate of drug-likeness (QED) is 0.685. The molecular formula is C22H21ClF3N3O3. The predicted octanol–water partition coefficient (Wildman–Crippen LogP) is 3.43. The number of carbonyl (C=O) groups is 2. The van der Waals surface area contributed by atoms with Crippen molar-refractivity contribution in [3.05, 3.63) is 40.0 Å². The number of rotatable bonds is 2. The monoisotopic (exact) mass is 467 g/mol. The number of hydrogen-bond acceptors (Lipinski definition) is 5. The zero-order valence-electron chi connectivity index (χ0n) is 17.1. The molecule has 1 amide bonds. The van der Waals surface area contributed by atoms with Gasteiger partial charge in [-0.25, -0.2) is 4.79 Å². The lowest BCUT2D eigenvalue weighted by Gasteiger charge is -2.34. The summed E-state index contributed by atoms with van der Waals surface area (Å²) in [4.78, 5) is 30.7. The molecule has 1 saturated carbocycles. The number of nitrogens with one attached hydrogen (secondary N) is 1. The number of nitrogens with zero attached hydrogens (tertiary/aromatic N) is 2. The van der Waals surface area contributed by atoms with Crippen LogP contribution in [0.4, 0.5) is 13.2 Å². The van der Waals surface area contributed by atoms with Crippen molar-refractivity contribution in [2.24, 2.45) is 0 Å². The number of aryl methyl sites for hydroxylation is 1. The maximum absolute atomic E-state index is 13.2. The predicted molar refractivity (Wildman–Crippen MR) is 111 cm³/mol. The number of pyridine rings is 1. The fourth-order valence-electron chi connectivity index (χ4n) is 4.75. The van der Waals surface area contributed by atoms with E-state index in [1.165, 1.54) is 0 Å². The summed E-state index contributed by atoms with van der Waals surface area (Å²) in [5, 5.41) is 4.61. The second-order valence-electron chi connectivity index (χ2n) is 8.70. The molecule has 6 nitrogen and oxygen atoms in total. The van der Waals surface area contributed by atoms with Crippen LogP contribution in [-0.2, 0) is 22.4 Å². The Morgan fingerprint density at radius 2 is 2.03 bits per heavy atom. The summed E-state index contributed by atoms with van der Waals surface area (Å²) in [6.07, 6.45) is -1.80. The Balaban J connectivity index is 1.34. The summed E-state index contributed by atoms with van der Waals surface area (Å²) in [5.41, 5.74) is 2.34. The van der Waals surface area contributed by atoms with Gasteiger partial charge in [0.25, 0.3) is 5.91 Å². The van der Waals surface area contributed by atoms with Gasteiger partial charge in [-0.15, -0.1) is 0 Å². The van der Waals surface area contributed by atoms with E-state index < -0.39 is 23.8 Å². The van der Waals surface area contributed by atoms with Crippen molar-refractivity contribution < 1.29 is 27.5 Å². The number of esters is 1. The highest BCUT2D eigenvalue weighted by molar-refractivity contribution is 6.36. The van der Waals surface area contributed by atoms with Gasteiger partial charge in [-0.3, -0.25) is 9.78 Å². The van der Waals surface area contributed by atoms with Gasteiger partial charge in [-0.05, 0) is 43.4 Å². The smallest absolute Gasteiger partial charge is 0.454 e. The van der Waals surface area contributed by atoms with Gasteiger partial charge in [0.1, 0.15) is 6.10 Å². The number of hydrogen-bond donors (Lipinski definition) is 1. The summed E-state index contributed by atoms with van der Waals surface area (Å²) in [6, 6.07) is 5.23. The lowest BCUT2D eigenvalue weighted by molar-refractivity contribution is -0.201. The van der Waals surface area contributed by atoms with Gasteiger partial charge >= 0.3 is 12.1 Å². The van der Waals surface area contributed by atoms with Crippen molar-refractivity contribution >= 4 is 34.4 Å². The maximum Gasteiger partial charge on any atom is 0.490 e. The summed E-state index contributed by atoms with van der Waals surface area (Å²) in [7, 11) is 0. The standard InChI is InChI=1S/C22H21ClF3N3O3/c23-18-13-3-1-2-4-15(13)28-16-9-12(5-6-14(16)18)19(30)29-8-7-27-21(11-29)10-17(21)32-20(31)22(24,25)26/h5-6,9,17,27H,1-4,7-8,10-11H2. The molecular weight excluding hydrogens is 447 g/mol. The van der Waals surface area contributed by atoms with Gasteiger partial charge in [0, 0.05) is 42.7 Å². The molecule has 1 saturated heterocycles. The van der Waals surface area contributed by atoms with Gasteiger partial charge in [-0.2, -0.15) is 13.2 Å². The summed E-state index contributed by atoms with van der Waals surface area (Å²) >= 11 is 6.61. The molecule has 1 aromatic carbocycles. The summed E-state index contributed by atoms with van der Waals surface area (Å²) in [6.45, 7) is 0.964. The molecule has 0 bridgehead atoms. The fraction of sp³-hybridized carbons (Fsp3) is 0.500. The second-order valence-corrected chi connectivity index (χ2v) is 9.07. The Kier molecular flexibility index (Phi) is 5.09. The highest BCUT2D eigenvalue weighted by Gasteiger charge is 2.61. The number of amides is 1. The normalized spacial score (nSPS) is 25.0. The first-order chi connectivity index (χ1) is 15.2. The number of fused-ring (bicyclic) bond motifs is 2. The number of halogens is 4. The molecule has 2 aliphatic carbocycles. The minimum atomic E-state index is -5.04. The highest BCUT2D eigenvalue weighted by atomic mass is 35.5. The van der Waals surface area contributed by atoms with E-state index in [2.05, 4.69) is 10.1 Å². The molecule has 2 atom stereocenters. The number of alkyl halides is 3. The molecule has 2 aromatic rings. The average Bonchev–Trinajstić information content (AvgIpc) is 3.42. The zero-order chi connectivity index (χ0) is 22.7. The molecule has 32 heavy (non-hydrogen) atoms. The molecule has 10 heteroatoms. The van der Waals surface area contributed by atoms with Crippen molar-refractivity contribution in [2.45, 2.75) is 49.9 Å². The molecule has 2 fully saturated rings. The Morgan fingerprint density at radius 3 is 2.81 bits per heavy atom. The topological polar surface area (TPSA) is 71.5 Å². The minimum Gasteiger partial charge on any atom is -0.454 e. The first-order valence-electron chi connectivity index (χ1n) is 10.6. The highest BCUT2D eigenvalue weighted by Crippen LogP contribution is 2.42. The lowest BCUT2D eigenvalue weighted by atomic mass is 9.94. The van der Waals surface area contributed by atoms with E-state index in [1.54, 1.807) is 23.1 Å². The van der Waals surface area contributed by atoms with E-state index in [-0.39, 0.29) is 18.9 Å². The fourth-order valence-corrected chi connectivity index (χ4v) is 5.11. The van der Waals surface area contributed by atoms with E-state index in [1.807, 2.05) is 0 Å². The van der Waals surface area contributed by atoms with Crippen LogP contribution in [-0.4, -0.2) is 59.2 Å². The third kappa shape index (κ3) is 3.71. The molecule has 2 unspecified atom stereocenters. The molecule has 1 aromatic heterocycles. The Labute approximate surface area is 187 Å². The first kappa shape index (κ1) is 21.5. The van der Waals surface area contributed by atoms with Crippen molar-refractivity contribution in [1.82, 2.24) is 15.2 Å². The lowest BCUT2D eigenvalue weighted by Crippen LogP contribution is -2.56. The van der Waals surface area contributed by atoms with Crippen LogP contribution in [0.25, 0.3) is 10.9 Å². The van der Waals surface area contributed by atoms with E-state index in [9.17, 15) is 22.8 Å². The van der Waals surface area contributed by atoms with E-state index in [0.717, 1.165) is 42.3 Å². The van der Waals surface area contributed by atoms with E-state index in [4.69, 9.17) is 16.6 Å². The van der Waals surface area contributed by atoms with Crippen LogP contribution in [0.1, 0.15) is 40.9 Å². The van der Waals surface area contributed by atoms with Crippen LogP contribution in [0.3, 0.4) is 0 Å². The number of piperazine rings is 1. The molecule has 2 heterocycles. The van der Waals surface area contributed by atoms with Crippen LogP contribution < -0.4 is 5.32 Å². The van der Waals surface area contributed by atoms with Crippen LogP contribution in [0.2, 0.25) is 5.02 Å². The minimum absolute atomic E-state index is 0.165. The van der Waals surface area contributed by atoms with E-state index >= 15 is 0 Å². The van der Waals surface area contributed by atoms with Crippen LogP contribution in [0.5, 0.6) is 0 Å². The van der Waals surface area contributed by atoms with Crippen molar-refractivity contribution in [3.63, 3.8) is 0 Å². The van der Waals surface area contributed by atoms with Crippen molar-refractivity contribution in [2.75, 3.05) is 19.6 Å². The number of benzene rings is 1. The molecule has 0 radical (unpaired) electrons. The summed E-state index contributed by atoms with van der Waals surface area (Å²) < 4.78 is 42.1. The van der Waals surface area contributed by atoms with Gasteiger partial charge in [0.15, 0.2) is 0 Å². The largest absolute Gasteiger partial charge is 0.490 e. The summed E-state index contributed by atoms with van der Waals surface area (Å²) in [5.74, 6) is -2.44. The number of carbonyl (C=O) groups excluding carboxylic acids is 2. The van der Waals surface area contributed by atoms with Gasteiger partial charge in [0.05, 0.1) is 16.1 Å². The molecule has 170 valence electrons. The van der Waals surface area contributed by atoms with Gasteiger partial charge in [-0.1, -0.05) is 17.7 Å². The van der Waals surface area contributed by atoms with E-state index in [0.29, 0.717) is 29.2 Å². The van der Waals surface area contributed by atoms with Crippen molar-refractivity contribution in [1.29, 1.82) is 0 Å². The molecule has 3 aliphatic rings. The Hall–Kier alpha value is -2.39. The Morgan fingerprint density at radius 1 is 1.25 bits per heavy atom. The molecule has 1 spiro atoms. The third-order valence-electron chi connectivity index (χ3n) is 6.55. The van der Waals surface area contributed by atoms with Crippen molar-refractivity contribution in [3.8, 4) is 0 Å². The third-order valence-corrected chi connectivity index (χ3v) is 6.98. The van der Waals surface area contributed by atoms with Gasteiger partial charge in [0.2, 0.25) is 0 Å². The average molecular weight is 468 g/mol. The maximum atomic E-state index is 13.2. The van der Waals surface area contributed by atoms with Gasteiger partial charge < -0.3 is 15.0 Å². The molecule has 1 N–H and O–H groups in total. The zero-order valence-corrected chi connectivity index (χ0v) is 17.9. The Bertz CT molecular complexity index is 1120. The van der Waals surface area contributed by atoms with Crippen LogP contribution >= 0.6 is 11.6 Å². The first-order valence-corrected chi connectivity index (χ1v) is 11.0. The van der Waals surface area contributed by atoms with Crippen LogP contribution in [0.15, 0.2) is 18.2 Å². The molecule has 5 rings (SSSR count). The SMILES string of the molecule is O=C(c1ccc2c(Cl)c3c(nc2c1)CCCC3)N1CCNC2(CC2OC(=O)C(F)(F)F)C1. The second kappa shape index (κ2) is 7.59.